The number of nitrogens with zero attached hydrogens (tertiary/aromatic N) is 3. The van der Waals surface area contributed by atoms with Crippen molar-refractivity contribution < 1.29 is 14.3 Å². The molecule has 118 valence electrons. The number of aromatic nitrogens is 3. The number of rotatable bonds is 4. The lowest BCUT2D eigenvalue weighted by Gasteiger charge is -2.29. The average molecular weight is 321 g/mol. The molecule has 6 nitrogen and oxygen atoms in total. The zero-order valence-electron chi connectivity index (χ0n) is 12.7. The molecule has 2 aromatic rings. The molecule has 2 heterocycles. The second-order valence-electron chi connectivity index (χ2n) is 5.43. The highest BCUT2D eigenvalue weighted by atomic mass is 32.1. The number of hydrogen-bond donors (Lipinski definition) is 0. The Balaban J connectivity index is 1.69. The van der Waals surface area contributed by atoms with Gasteiger partial charge in [-0.05, 0) is 19.3 Å². The molecule has 3 rings (SSSR count). The maximum atomic E-state index is 12.3. The van der Waals surface area contributed by atoms with Gasteiger partial charge in [0.05, 0.1) is 18.5 Å². The molecule has 7 heteroatoms. The van der Waals surface area contributed by atoms with Crippen LogP contribution in [0.15, 0.2) is 18.6 Å². The monoisotopic (exact) mass is 321 g/mol. The van der Waals surface area contributed by atoms with E-state index in [4.69, 9.17) is 9.47 Å². The Bertz CT molecular complexity index is 652. The first kappa shape index (κ1) is 15.2. The third-order valence-corrected chi connectivity index (χ3v) is 4.89. The van der Waals surface area contributed by atoms with E-state index in [1.165, 1.54) is 11.3 Å². The number of methoxy groups -OCH3 is 1. The largest absolute Gasteiger partial charge is 0.455 e. The van der Waals surface area contributed by atoms with Crippen molar-refractivity contribution in [2.24, 2.45) is 7.05 Å². The molecule has 2 atom stereocenters. The molecule has 0 unspecified atom stereocenters. The van der Waals surface area contributed by atoms with Crippen molar-refractivity contribution in [1.29, 1.82) is 0 Å². The lowest BCUT2D eigenvalue weighted by molar-refractivity contribution is -0.0536. The van der Waals surface area contributed by atoms with Crippen molar-refractivity contribution in [3.63, 3.8) is 0 Å². The number of aryl methyl sites for hydroxylation is 1. The Hall–Kier alpha value is -1.73. The topological polar surface area (TPSA) is 66.2 Å². The fourth-order valence-electron chi connectivity index (χ4n) is 2.70. The van der Waals surface area contributed by atoms with Gasteiger partial charge in [0.15, 0.2) is 0 Å². The van der Waals surface area contributed by atoms with Gasteiger partial charge >= 0.3 is 5.97 Å². The van der Waals surface area contributed by atoms with Gasteiger partial charge in [0.25, 0.3) is 0 Å². The number of carbonyl (C=O) groups is 1. The van der Waals surface area contributed by atoms with Crippen LogP contribution < -0.4 is 0 Å². The van der Waals surface area contributed by atoms with Crippen LogP contribution in [0.25, 0.3) is 10.6 Å². The van der Waals surface area contributed by atoms with Crippen molar-refractivity contribution in [3.05, 3.63) is 23.5 Å². The van der Waals surface area contributed by atoms with E-state index < -0.39 is 0 Å². The highest BCUT2D eigenvalue weighted by molar-refractivity contribution is 7.16. The van der Waals surface area contributed by atoms with E-state index in [2.05, 4.69) is 10.1 Å². The molecule has 0 spiro atoms. The normalized spacial score (nSPS) is 21.7. The van der Waals surface area contributed by atoms with Gasteiger partial charge in [0.2, 0.25) is 0 Å². The Labute approximate surface area is 133 Å². The fourth-order valence-corrected chi connectivity index (χ4v) is 3.47. The highest BCUT2D eigenvalue weighted by Crippen LogP contribution is 2.28. The van der Waals surface area contributed by atoms with Gasteiger partial charge < -0.3 is 9.47 Å². The van der Waals surface area contributed by atoms with Crippen LogP contribution in [-0.4, -0.2) is 40.1 Å². The molecule has 0 aliphatic heterocycles. The van der Waals surface area contributed by atoms with Crippen LogP contribution in [0.5, 0.6) is 0 Å². The summed E-state index contributed by atoms with van der Waals surface area (Å²) < 4.78 is 12.7. The second kappa shape index (κ2) is 6.58. The molecule has 0 radical (unpaired) electrons. The smallest absolute Gasteiger partial charge is 0.350 e. The zero-order valence-corrected chi connectivity index (χ0v) is 13.5. The number of thiazole rings is 1. The predicted octanol–water partition coefficient (Wildman–Crippen LogP) is 2.66. The number of hydrogen-bond acceptors (Lipinski definition) is 6. The standard InChI is InChI=1S/C15H19N3O3S/c1-18-9-10(7-17-18)14-16-8-13(22-14)15(19)21-12-6-4-3-5-11(12)20-2/h7-9,11-12H,3-6H2,1-2H3/t11-,12-/m0/s1. The summed E-state index contributed by atoms with van der Waals surface area (Å²) in [6, 6.07) is 0. The maximum absolute atomic E-state index is 12.3. The SMILES string of the molecule is CO[C@H]1CCCC[C@@H]1OC(=O)c1cnc(-c2cnn(C)c2)s1. The summed E-state index contributed by atoms with van der Waals surface area (Å²) in [6.45, 7) is 0. The van der Waals surface area contributed by atoms with Gasteiger partial charge in [-0.3, -0.25) is 4.68 Å². The minimum atomic E-state index is -0.318. The zero-order chi connectivity index (χ0) is 15.5. The number of ether oxygens (including phenoxy) is 2. The van der Waals surface area contributed by atoms with Crippen LogP contribution in [0.1, 0.15) is 35.4 Å². The first-order valence-electron chi connectivity index (χ1n) is 7.36. The van der Waals surface area contributed by atoms with Crippen LogP contribution in [0.4, 0.5) is 0 Å². The van der Waals surface area contributed by atoms with Gasteiger partial charge in [-0.25, -0.2) is 9.78 Å². The van der Waals surface area contributed by atoms with Crippen molar-refractivity contribution in [1.82, 2.24) is 14.8 Å². The minimum Gasteiger partial charge on any atom is -0.455 e. The van der Waals surface area contributed by atoms with Crippen molar-refractivity contribution in [2.45, 2.75) is 37.9 Å². The quantitative estimate of drug-likeness (QED) is 0.810. The third-order valence-electron chi connectivity index (χ3n) is 3.86. The summed E-state index contributed by atoms with van der Waals surface area (Å²) >= 11 is 1.33. The van der Waals surface area contributed by atoms with Gasteiger partial charge in [-0.15, -0.1) is 11.3 Å². The summed E-state index contributed by atoms with van der Waals surface area (Å²) in [5.41, 5.74) is 0.902. The Morgan fingerprint density at radius 2 is 2.09 bits per heavy atom. The summed E-state index contributed by atoms with van der Waals surface area (Å²) in [5.74, 6) is -0.318. The van der Waals surface area contributed by atoms with E-state index in [1.807, 2.05) is 13.2 Å². The van der Waals surface area contributed by atoms with E-state index in [0.29, 0.717) is 4.88 Å². The molecule has 0 aromatic carbocycles. The predicted molar refractivity (Wildman–Crippen MR) is 82.8 cm³/mol. The van der Waals surface area contributed by atoms with Crippen molar-refractivity contribution >= 4 is 17.3 Å². The fraction of sp³-hybridized carbons (Fsp3) is 0.533. The van der Waals surface area contributed by atoms with Crippen LogP contribution in [0.2, 0.25) is 0 Å². The number of esters is 1. The Kier molecular flexibility index (Phi) is 4.54. The molecule has 0 saturated heterocycles. The van der Waals surface area contributed by atoms with E-state index in [0.717, 1.165) is 36.3 Å². The average Bonchev–Trinajstić information content (AvgIpc) is 3.16. The molecule has 1 fully saturated rings. The third kappa shape index (κ3) is 3.20. The molecule has 0 N–H and O–H groups in total. The molecule has 0 amide bonds. The van der Waals surface area contributed by atoms with Crippen LogP contribution in [-0.2, 0) is 16.5 Å². The van der Waals surface area contributed by atoms with Gasteiger partial charge in [-0.1, -0.05) is 6.42 Å². The van der Waals surface area contributed by atoms with E-state index >= 15 is 0 Å². The first-order chi connectivity index (χ1) is 10.7. The van der Waals surface area contributed by atoms with Gasteiger partial charge in [-0.2, -0.15) is 5.10 Å². The maximum Gasteiger partial charge on any atom is 0.350 e. The number of carbonyl (C=O) groups excluding carboxylic acids is 1. The highest BCUT2D eigenvalue weighted by Gasteiger charge is 2.29. The van der Waals surface area contributed by atoms with Crippen molar-refractivity contribution in [3.8, 4) is 10.6 Å². The molecule has 22 heavy (non-hydrogen) atoms. The van der Waals surface area contributed by atoms with Crippen LogP contribution in [0.3, 0.4) is 0 Å². The lowest BCUT2D eigenvalue weighted by atomic mass is 9.94. The summed E-state index contributed by atoms with van der Waals surface area (Å²) in [5, 5.41) is 4.88. The molecule has 1 aliphatic rings. The Morgan fingerprint density at radius 1 is 1.32 bits per heavy atom. The molecule has 2 aromatic heterocycles. The lowest BCUT2D eigenvalue weighted by Crippen LogP contribution is -2.35. The molecule has 0 bridgehead atoms. The summed E-state index contributed by atoms with van der Waals surface area (Å²) in [6.07, 6.45) is 9.01. The van der Waals surface area contributed by atoms with Crippen LogP contribution >= 0.6 is 11.3 Å². The summed E-state index contributed by atoms with van der Waals surface area (Å²) in [7, 11) is 3.52. The van der Waals surface area contributed by atoms with E-state index in [9.17, 15) is 4.79 Å². The molecule has 1 aliphatic carbocycles. The first-order valence-corrected chi connectivity index (χ1v) is 8.17. The molecular weight excluding hydrogens is 302 g/mol. The van der Waals surface area contributed by atoms with Crippen LogP contribution in [0, 0.1) is 0 Å². The second-order valence-corrected chi connectivity index (χ2v) is 6.47. The summed E-state index contributed by atoms with van der Waals surface area (Å²) in [4.78, 5) is 17.1. The Morgan fingerprint density at radius 3 is 2.77 bits per heavy atom. The van der Waals surface area contributed by atoms with Gasteiger partial charge in [0.1, 0.15) is 16.0 Å². The van der Waals surface area contributed by atoms with E-state index in [1.54, 1.807) is 24.2 Å². The molecule has 1 saturated carbocycles. The van der Waals surface area contributed by atoms with Crippen molar-refractivity contribution in [2.75, 3.05) is 7.11 Å². The molecular formula is C15H19N3O3S. The van der Waals surface area contributed by atoms with Gasteiger partial charge in [0, 0.05) is 25.9 Å². The van der Waals surface area contributed by atoms with E-state index in [-0.39, 0.29) is 18.2 Å². The minimum absolute atomic E-state index is 0.00316.